The molecule has 0 spiro atoms. The molecule has 1 radical (unpaired) electrons. The van der Waals surface area contributed by atoms with Crippen LogP contribution in [0.15, 0.2) is 0 Å². The molecule has 0 bridgehead atoms. The van der Waals surface area contributed by atoms with Gasteiger partial charge in [0.1, 0.15) is 0 Å². The molecule has 0 heterocycles. The van der Waals surface area contributed by atoms with Crippen LogP contribution in [0.4, 0.5) is 0 Å². The highest BCUT2D eigenvalue weighted by Gasteiger charge is 2.42. The maximum absolute atomic E-state index is 10.6. The molecule has 1 N–H and O–H groups in total. The summed E-state index contributed by atoms with van der Waals surface area (Å²) >= 11 is 0. The Kier molecular flexibility index (Phi) is 2.22. The van der Waals surface area contributed by atoms with Crippen LogP contribution < -0.4 is 4.72 Å². The molecular weight excluding hydrogens is 166 g/mol. The van der Waals surface area contributed by atoms with Crippen molar-refractivity contribution in [1.29, 1.82) is 0 Å². The first-order chi connectivity index (χ1) is 4.97. The topological polar surface area (TPSA) is 68.5 Å². The van der Waals surface area contributed by atoms with Crippen molar-refractivity contribution in [2.24, 2.45) is 5.41 Å². The van der Waals surface area contributed by atoms with E-state index in [1.807, 2.05) is 0 Å². The van der Waals surface area contributed by atoms with E-state index < -0.39 is 10.0 Å². The number of sulfonamides is 1. The summed E-state index contributed by atoms with van der Waals surface area (Å²) in [6.07, 6.45) is 2.85. The van der Waals surface area contributed by atoms with Crippen LogP contribution in [-0.2, 0) is 10.0 Å². The first kappa shape index (κ1) is 8.96. The predicted molar refractivity (Wildman–Crippen MR) is 40.6 cm³/mol. The number of rotatable bonds is 4. The van der Waals surface area contributed by atoms with E-state index in [0.717, 1.165) is 19.1 Å². The number of aliphatic hydroxyl groups is 1. The third-order valence-electron chi connectivity index (χ3n) is 1.93. The molecule has 11 heavy (non-hydrogen) atoms. The first-order valence-electron chi connectivity index (χ1n) is 3.47. The summed E-state index contributed by atoms with van der Waals surface area (Å²) in [5, 5.41) is 8.80. The van der Waals surface area contributed by atoms with Crippen molar-refractivity contribution < 1.29 is 13.5 Å². The van der Waals surface area contributed by atoms with E-state index in [4.69, 9.17) is 5.11 Å². The van der Waals surface area contributed by atoms with Crippen molar-refractivity contribution in [1.82, 2.24) is 4.72 Å². The molecule has 1 rings (SSSR count). The summed E-state index contributed by atoms with van der Waals surface area (Å²) in [5.41, 5.74) is -0.191. The minimum absolute atomic E-state index is 0.0476. The molecule has 0 unspecified atom stereocenters. The zero-order chi connectivity index (χ0) is 8.54. The molecule has 0 aromatic heterocycles. The normalized spacial score (nSPS) is 21.6. The van der Waals surface area contributed by atoms with Crippen LogP contribution >= 0.6 is 0 Å². The lowest BCUT2D eigenvalue weighted by Crippen LogP contribution is -2.25. The van der Waals surface area contributed by atoms with Crippen LogP contribution in [0.25, 0.3) is 0 Å². The molecule has 1 aliphatic carbocycles. The highest BCUT2D eigenvalue weighted by atomic mass is 32.2. The second kappa shape index (κ2) is 2.73. The maximum atomic E-state index is 10.6. The van der Waals surface area contributed by atoms with E-state index in [9.17, 15) is 8.42 Å². The van der Waals surface area contributed by atoms with E-state index in [0.29, 0.717) is 0 Å². The number of hydrogen-bond donors (Lipinski definition) is 1. The van der Waals surface area contributed by atoms with Crippen LogP contribution in [0.2, 0.25) is 0 Å². The summed E-state index contributed by atoms with van der Waals surface area (Å²) < 4.78 is 24.6. The van der Waals surface area contributed by atoms with Crippen molar-refractivity contribution in [3.8, 4) is 0 Å². The molecule has 0 saturated heterocycles. The Labute approximate surface area is 66.7 Å². The number of hydrogen-bond acceptors (Lipinski definition) is 3. The summed E-state index contributed by atoms with van der Waals surface area (Å²) in [5.74, 6) is 0. The molecule has 0 aromatic carbocycles. The van der Waals surface area contributed by atoms with Gasteiger partial charge in [-0.15, -0.1) is 4.72 Å². The number of aliphatic hydroxyl groups excluding tert-OH is 1. The lowest BCUT2D eigenvalue weighted by atomic mass is 10.1. The largest absolute Gasteiger partial charge is 0.396 e. The monoisotopic (exact) mass is 178 g/mol. The zero-order valence-electron chi connectivity index (χ0n) is 6.45. The summed E-state index contributed by atoms with van der Waals surface area (Å²) in [6.45, 7) is 0.300. The highest BCUT2D eigenvalue weighted by Crippen LogP contribution is 2.44. The van der Waals surface area contributed by atoms with Crippen molar-refractivity contribution in [3.05, 3.63) is 0 Å². The Morgan fingerprint density at radius 3 is 2.36 bits per heavy atom. The minimum Gasteiger partial charge on any atom is -0.396 e. The van der Waals surface area contributed by atoms with Crippen molar-refractivity contribution in [2.75, 3.05) is 19.4 Å². The van der Waals surface area contributed by atoms with Crippen molar-refractivity contribution >= 4 is 10.0 Å². The average molecular weight is 178 g/mol. The predicted octanol–water partition coefficient (Wildman–Crippen LogP) is -0.677. The van der Waals surface area contributed by atoms with Crippen LogP contribution in [0.1, 0.15) is 12.8 Å². The van der Waals surface area contributed by atoms with E-state index >= 15 is 0 Å². The van der Waals surface area contributed by atoms with Gasteiger partial charge in [0.05, 0.1) is 12.9 Å². The Morgan fingerprint density at radius 1 is 1.55 bits per heavy atom. The molecule has 0 amide bonds. The smallest absolute Gasteiger partial charge is 0.225 e. The maximum Gasteiger partial charge on any atom is 0.225 e. The fraction of sp³-hybridized carbons (Fsp3) is 1.00. The van der Waals surface area contributed by atoms with Gasteiger partial charge in [-0.2, -0.15) is 0 Å². The lowest BCUT2D eigenvalue weighted by molar-refractivity contribution is 0.213. The van der Waals surface area contributed by atoms with E-state index in [2.05, 4.69) is 4.72 Å². The Balaban J connectivity index is 2.33. The van der Waals surface area contributed by atoms with Gasteiger partial charge in [0.25, 0.3) is 0 Å². The second-order valence-electron chi connectivity index (χ2n) is 3.18. The average Bonchev–Trinajstić information content (AvgIpc) is 2.63. The van der Waals surface area contributed by atoms with Gasteiger partial charge in [-0.25, -0.2) is 8.42 Å². The summed E-state index contributed by atoms with van der Waals surface area (Å²) in [7, 11) is -3.21. The molecule has 0 atom stereocenters. The molecule has 1 aliphatic rings. The Morgan fingerprint density at radius 2 is 2.09 bits per heavy atom. The fourth-order valence-corrected chi connectivity index (χ4v) is 1.31. The quantitative estimate of drug-likeness (QED) is 0.620. The minimum atomic E-state index is -3.21. The lowest BCUT2D eigenvalue weighted by Gasteiger charge is -2.08. The van der Waals surface area contributed by atoms with Gasteiger partial charge in [-0.1, -0.05) is 0 Å². The molecule has 0 aromatic rings. The van der Waals surface area contributed by atoms with Crippen molar-refractivity contribution in [2.45, 2.75) is 12.8 Å². The summed E-state index contributed by atoms with van der Waals surface area (Å²) in [6, 6.07) is 0. The second-order valence-corrected chi connectivity index (χ2v) is 4.90. The van der Waals surface area contributed by atoms with Crippen molar-refractivity contribution in [3.63, 3.8) is 0 Å². The standard InChI is InChI=1S/C6H12NO3S/c1-11(9,10)7-4-6(5-8)2-3-6/h8H,2-5H2,1H3. The molecule has 5 heteroatoms. The van der Waals surface area contributed by atoms with Gasteiger partial charge in [0.15, 0.2) is 0 Å². The molecule has 1 saturated carbocycles. The van der Waals surface area contributed by atoms with Crippen LogP contribution in [0.3, 0.4) is 0 Å². The highest BCUT2D eigenvalue weighted by molar-refractivity contribution is 7.88. The van der Waals surface area contributed by atoms with Gasteiger partial charge >= 0.3 is 0 Å². The van der Waals surface area contributed by atoms with Crippen LogP contribution in [0, 0.1) is 5.41 Å². The van der Waals surface area contributed by atoms with E-state index in [-0.39, 0.29) is 18.6 Å². The van der Waals surface area contributed by atoms with Gasteiger partial charge in [0.2, 0.25) is 10.0 Å². The van der Waals surface area contributed by atoms with E-state index in [1.165, 1.54) is 0 Å². The van der Waals surface area contributed by atoms with Crippen LogP contribution in [-0.4, -0.2) is 32.9 Å². The first-order valence-corrected chi connectivity index (χ1v) is 5.32. The molecular formula is C6H12NO3S. The van der Waals surface area contributed by atoms with Gasteiger partial charge < -0.3 is 5.11 Å². The molecule has 4 nitrogen and oxygen atoms in total. The molecule has 0 aliphatic heterocycles. The SMILES string of the molecule is CS(=O)(=O)[N]CC1(CO)CC1. The molecule has 65 valence electrons. The summed E-state index contributed by atoms with van der Waals surface area (Å²) in [4.78, 5) is 0. The van der Waals surface area contributed by atoms with E-state index in [1.54, 1.807) is 0 Å². The Bertz CT molecular complexity index is 230. The van der Waals surface area contributed by atoms with Gasteiger partial charge in [-0.3, -0.25) is 0 Å². The Hall–Kier alpha value is -0.130. The van der Waals surface area contributed by atoms with Crippen LogP contribution in [0.5, 0.6) is 0 Å². The van der Waals surface area contributed by atoms with Gasteiger partial charge in [0, 0.05) is 12.0 Å². The third kappa shape index (κ3) is 2.76. The zero-order valence-corrected chi connectivity index (χ0v) is 7.26. The fourth-order valence-electron chi connectivity index (χ4n) is 0.797. The third-order valence-corrected chi connectivity index (χ3v) is 2.53. The number of nitrogens with zero attached hydrogens (tertiary/aromatic N) is 1. The van der Waals surface area contributed by atoms with Gasteiger partial charge in [-0.05, 0) is 12.8 Å². The molecule has 1 fully saturated rings.